The Kier molecular flexibility index (Phi) is 4.92. The summed E-state index contributed by atoms with van der Waals surface area (Å²) in [6.45, 7) is 7.80. The van der Waals surface area contributed by atoms with Crippen molar-refractivity contribution in [3.05, 3.63) is 41.5 Å². The van der Waals surface area contributed by atoms with Crippen LogP contribution in [0.4, 0.5) is 5.69 Å². The number of nitrogens with zero attached hydrogens (tertiary/aromatic N) is 2. The molecule has 118 valence electrons. The molecule has 0 radical (unpaired) electrons. The lowest BCUT2D eigenvalue weighted by Gasteiger charge is -2.21. The molecule has 6 heteroatoms. The van der Waals surface area contributed by atoms with Crippen molar-refractivity contribution in [3.8, 4) is 0 Å². The highest BCUT2D eigenvalue weighted by Gasteiger charge is 2.27. The van der Waals surface area contributed by atoms with Gasteiger partial charge in [-0.05, 0) is 44.9 Å². The number of hydrogen-bond acceptors (Lipinski definition) is 5. The number of aryl methyl sites for hydroxylation is 2. The first-order valence-corrected chi connectivity index (χ1v) is 7.35. The van der Waals surface area contributed by atoms with E-state index in [9.17, 15) is 4.79 Å². The molecular formula is C16H22N4O2. The molecule has 2 N–H and O–H groups in total. The Bertz CT molecular complexity index is 632. The van der Waals surface area contributed by atoms with Gasteiger partial charge < -0.3 is 9.84 Å². The summed E-state index contributed by atoms with van der Waals surface area (Å²) in [5.41, 5.74) is 1.46. The van der Waals surface area contributed by atoms with Gasteiger partial charge in [-0.3, -0.25) is 10.1 Å². The second kappa shape index (κ2) is 6.70. The minimum atomic E-state index is -0.565. The molecule has 1 heterocycles. The highest BCUT2D eigenvalue weighted by atomic mass is 16.5. The normalized spacial score (nSPS) is 11.5. The quantitative estimate of drug-likeness (QED) is 0.856. The van der Waals surface area contributed by atoms with Crippen LogP contribution in [0.3, 0.4) is 0 Å². The summed E-state index contributed by atoms with van der Waals surface area (Å²) in [7, 11) is 0. The Labute approximate surface area is 130 Å². The lowest BCUT2D eigenvalue weighted by atomic mass is 10.1. The van der Waals surface area contributed by atoms with Gasteiger partial charge >= 0.3 is 0 Å². The number of carbonyl (C=O) groups excluding carboxylic acids is 1. The van der Waals surface area contributed by atoms with E-state index >= 15 is 0 Å². The highest BCUT2D eigenvalue weighted by molar-refractivity contribution is 5.92. The zero-order valence-corrected chi connectivity index (χ0v) is 13.4. The van der Waals surface area contributed by atoms with E-state index in [0.29, 0.717) is 11.7 Å². The van der Waals surface area contributed by atoms with Crippen molar-refractivity contribution in [1.82, 2.24) is 15.5 Å². The molecule has 6 nitrogen and oxygen atoms in total. The van der Waals surface area contributed by atoms with Crippen LogP contribution in [0.2, 0.25) is 0 Å². The van der Waals surface area contributed by atoms with Crippen LogP contribution in [0.25, 0.3) is 0 Å². The average molecular weight is 302 g/mol. The Morgan fingerprint density at radius 2 is 1.95 bits per heavy atom. The van der Waals surface area contributed by atoms with E-state index in [1.54, 1.807) is 6.92 Å². The fourth-order valence-corrected chi connectivity index (χ4v) is 1.96. The number of nitrogens with one attached hydrogen (secondary N) is 2. The van der Waals surface area contributed by atoms with E-state index in [-0.39, 0.29) is 12.5 Å². The van der Waals surface area contributed by atoms with Crippen molar-refractivity contribution >= 4 is 11.6 Å². The molecule has 0 atom stereocenters. The number of anilines is 1. The van der Waals surface area contributed by atoms with Crippen LogP contribution >= 0.6 is 0 Å². The fourth-order valence-electron chi connectivity index (χ4n) is 1.96. The summed E-state index contributed by atoms with van der Waals surface area (Å²) in [5.74, 6) is 0.920. The third-order valence-corrected chi connectivity index (χ3v) is 3.40. The zero-order chi connectivity index (χ0) is 16.2. The Morgan fingerprint density at radius 1 is 1.27 bits per heavy atom. The Balaban J connectivity index is 1.89. The summed E-state index contributed by atoms with van der Waals surface area (Å²) in [6.07, 6.45) is 0.980. The van der Waals surface area contributed by atoms with Gasteiger partial charge in [0, 0.05) is 5.69 Å². The van der Waals surface area contributed by atoms with Crippen LogP contribution in [0, 0.1) is 6.92 Å². The largest absolute Gasteiger partial charge is 0.337 e. The molecule has 0 aliphatic rings. The maximum absolute atomic E-state index is 12.0. The van der Waals surface area contributed by atoms with Crippen LogP contribution in [-0.4, -0.2) is 22.6 Å². The first-order valence-electron chi connectivity index (χ1n) is 7.35. The molecule has 1 aromatic carbocycles. The third-order valence-electron chi connectivity index (χ3n) is 3.40. The molecule has 2 rings (SSSR count). The van der Waals surface area contributed by atoms with Crippen molar-refractivity contribution in [2.75, 3.05) is 11.9 Å². The van der Waals surface area contributed by atoms with Crippen molar-refractivity contribution in [2.24, 2.45) is 0 Å². The molecule has 0 bridgehead atoms. The van der Waals surface area contributed by atoms with E-state index in [2.05, 4.69) is 27.7 Å². The SMILES string of the molecule is CCc1ccc(NC(=O)CNC(C)(C)c2nc(C)no2)cc1. The van der Waals surface area contributed by atoms with Crippen LogP contribution < -0.4 is 10.6 Å². The molecule has 1 aromatic heterocycles. The molecule has 0 aliphatic heterocycles. The molecule has 0 fully saturated rings. The number of hydrogen-bond donors (Lipinski definition) is 2. The van der Waals surface area contributed by atoms with E-state index in [0.717, 1.165) is 12.1 Å². The third kappa shape index (κ3) is 4.14. The predicted molar refractivity (Wildman–Crippen MR) is 84.5 cm³/mol. The summed E-state index contributed by atoms with van der Waals surface area (Å²) >= 11 is 0. The van der Waals surface area contributed by atoms with Gasteiger partial charge in [0.15, 0.2) is 5.82 Å². The van der Waals surface area contributed by atoms with Gasteiger partial charge in [0.25, 0.3) is 0 Å². The monoisotopic (exact) mass is 302 g/mol. The van der Waals surface area contributed by atoms with Crippen LogP contribution in [0.15, 0.2) is 28.8 Å². The maximum atomic E-state index is 12.0. The van der Waals surface area contributed by atoms with Gasteiger partial charge in [0.05, 0.1) is 12.1 Å². The summed E-state index contributed by atoms with van der Waals surface area (Å²) in [6, 6.07) is 7.83. The minimum Gasteiger partial charge on any atom is -0.337 e. The number of rotatable bonds is 6. The number of aromatic nitrogens is 2. The molecule has 1 amide bonds. The average Bonchev–Trinajstić information content (AvgIpc) is 2.94. The van der Waals surface area contributed by atoms with E-state index in [1.807, 2.05) is 38.1 Å². The van der Waals surface area contributed by atoms with Gasteiger partial charge in [0.1, 0.15) is 0 Å². The second-order valence-electron chi connectivity index (χ2n) is 5.72. The van der Waals surface area contributed by atoms with E-state index in [4.69, 9.17) is 4.52 Å². The van der Waals surface area contributed by atoms with Gasteiger partial charge in [-0.25, -0.2) is 0 Å². The van der Waals surface area contributed by atoms with Crippen LogP contribution in [0.1, 0.15) is 38.0 Å². The highest BCUT2D eigenvalue weighted by Crippen LogP contribution is 2.17. The molecule has 0 spiro atoms. The molecule has 0 aliphatic carbocycles. The lowest BCUT2D eigenvalue weighted by molar-refractivity contribution is -0.115. The zero-order valence-electron chi connectivity index (χ0n) is 13.4. The summed E-state index contributed by atoms with van der Waals surface area (Å²) in [5, 5.41) is 9.74. The molecule has 0 unspecified atom stereocenters. The molecule has 22 heavy (non-hydrogen) atoms. The first-order chi connectivity index (χ1) is 10.4. The van der Waals surface area contributed by atoms with Gasteiger partial charge in [-0.15, -0.1) is 0 Å². The summed E-state index contributed by atoms with van der Waals surface area (Å²) < 4.78 is 5.15. The van der Waals surface area contributed by atoms with Crippen molar-refractivity contribution in [3.63, 3.8) is 0 Å². The predicted octanol–water partition coefficient (Wildman–Crippen LogP) is 2.40. The lowest BCUT2D eigenvalue weighted by Crippen LogP contribution is -2.41. The molecule has 2 aromatic rings. The fraction of sp³-hybridized carbons (Fsp3) is 0.438. The second-order valence-corrected chi connectivity index (χ2v) is 5.72. The van der Waals surface area contributed by atoms with E-state index < -0.39 is 5.54 Å². The Hall–Kier alpha value is -2.21. The van der Waals surface area contributed by atoms with Crippen molar-refractivity contribution in [2.45, 2.75) is 39.7 Å². The van der Waals surface area contributed by atoms with Gasteiger partial charge in [-0.1, -0.05) is 24.2 Å². The Morgan fingerprint density at radius 3 is 2.50 bits per heavy atom. The van der Waals surface area contributed by atoms with Crippen molar-refractivity contribution in [1.29, 1.82) is 0 Å². The van der Waals surface area contributed by atoms with E-state index in [1.165, 1.54) is 5.56 Å². The smallest absolute Gasteiger partial charge is 0.246 e. The standard InChI is InChI=1S/C16H22N4O2/c1-5-12-6-8-13(9-7-12)19-14(21)10-17-16(3,4)15-18-11(2)20-22-15/h6-9,17H,5,10H2,1-4H3,(H,19,21). The van der Waals surface area contributed by atoms with Gasteiger partial charge in [0.2, 0.25) is 11.8 Å². The number of amides is 1. The molecular weight excluding hydrogens is 280 g/mol. The van der Waals surface area contributed by atoms with Gasteiger partial charge in [-0.2, -0.15) is 4.98 Å². The number of carbonyl (C=O) groups is 1. The van der Waals surface area contributed by atoms with Crippen molar-refractivity contribution < 1.29 is 9.32 Å². The maximum Gasteiger partial charge on any atom is 0.246 e. The topological polar surface area (TPSA) is 80.0 Å². The first kappa shape index (κ1) is 16.2. The minimum absolute atomic E-state index is 0.117. The summed E-state index contributed by atoms with van der Waals surface area (Å²) in [4.78, 5) is 16.2. The van der Waals surface area contributed by atoms with Crippen LogP contribution in [0.5, 0.6) is 0 Å². The molecule has 0 saturated carbocycles. The molecule has 0 saturated heterocycles. The van der Waals surface area contributed by atoms with Crippen LogP contribution in [-0.2, 0) is 16.8 Å². The number of benzene rings is 1.